The summed E-state index contributed by atoms with van der Waals surface area (Å²) < 4.78 is 42.3. The topological polar surface area (TPSA) is 73.4 Å². The van der Waals surface area contributed by atoms with Gasteiger partial charge in [-0.1, -0.05) is 44.2 Å². The Hall–Kier alpha value is -2.85. The highest BCUT2D eigenvalue weighted by Crippen LogP contribution is 2.49. The van der Waals surface area contributed by atoms with Gasteiger partial charge >= 0.3 is 6.18 Å². The predicted molar refractivity (Wildman–Crippen MR) is 141 cm³/mol. The van der Waals surface area contributed by atoms with E-state index in [1.54, 1.807) is 12.1 Å². The molecule has 4 atom stereocenters. The van der Waals surface area contributed by atoms with E-state index in [4.69, 9.17) is 11.6 Å². The minimum absolute atomic E-state index is 0.00729. The van der Waals surface area contributed by atoms with Crippen molar-refractivity contribution in [2.24, 2.45) is 0 Å². The molecule has 2 fully saturated rings. The molecule has 2 unspecified atom stereocenters. The van der Waals surface area contributed by atoms with E-state index in [-0.39, 0.29) is 47.5 Å². The number of nitrogens with one attached hydrogen (secondary N) is 2. The molecule has 4 heterocycles. The lowest BCUT2D eigenvalue weighted by molar-refractivity contribution is -0.150. The molecule has 3 aliphatic heterocycles. The molecule has 2 saturated heterocycles. The second-order valence-corrected chi connectivity index (χ2v) is 11.1. The summed E-state index contributed by atoms with van der Waals surface area (Å²) in [6.07, 6.45) is -1.85. The number of amides is 1. The normalized spacial score (nSPS) is 23.9. The highest BCUT2D eigenvalue weighted by Gasteiger charge is 2.50. The van der Waals surface area contributed by atoms with Crippen LogP contribution in [0.15, 0.2) is 42.9 Å². The molecule has 1 aromatic heterocycles. The molecule has 38 heavy (non-hydrogen) atoms. The lowest BCUT2D eigenvalue weighted by Gasteiger charge is -2.44. The molecular weight excluding hydrogens is 517 g/mol. The number of carbonyl (C=O) groups excluding carboxylic acids is 1. The summed E-state index contributed by atoms with van der Waals surface area (Å²) in [5.41, 5.74) is 1.24. The second kappa shape index (κ2) is 10.4. The Labute approximate surface area is 225 Å². The number of fused-ring (bicyclic) bond motifs is 3. The summed E-state index contributed by atoms with van der Waals surface area (Å²) in [6, 6.07) is 7.28. The summed E-state index contributed by atoms with van der Waals surface area (Å²) >= 11 is 6.08. The number of likely N-dealkylation sites (tertiary alicyclic amines) is 1. The number of rotatable bonds is 6. The van der Waals surface area contributed by atoms with Crippen LogP contribution in [-0.4, -0.2) is 64.7 Å². The Kier molecular flexibility index (Phi) is 7.30. The Morgan fingerprint density at radius 2 is 1.84 bits per heavy atom. The van der Waals surface area contributed by atoms with Crippen LogP contribution in [0.2, 0.25) is 5.02 Å². The Balaban J connectivity index is 1.42. The van der Waals surface area contributed by atoms with E-state index in [0.717, 1.165) is 18.4 Å². The van der Waals surface area contributed by atoms with Gasteiger partial charge in [-0.05, 0) is 30.5 Å². The molecule has 0 spiro atoms. The van der Waals surface area contributed by atoms with Gasteiger partial charge in [-0.3, -0.25) is 4.79 Å². The minimum atomic E-state index is -4.45. The van der Waals surface area contributed by atoms with Gasteiger partial charge in [0.15, 0.2) is 0 Å². The van der Waals surface area contributed by atoms with Gasteiger partial charge in [0.2, 0.25) is 5.91 Å². The molecule has 204 valence electrons. The first-order chi connectivity index (χ1) is 18.0. The van der Waals surface area contributed by atoms with E-state index in [1.165, 1.54) is 6.33 Å². The van der Waals surface area contributed by atoms with Crippen LogP contribution in [0, 0.1) is 0 Å². The largest absolute Gasteiger partial charge is 0.396 e. The van der Waals surface area contributed by atoms with Crippen LogP contribution in [-0.2, 0) is 4.79 Å². The number of aromatic nitrogens is 2. The number of anilines is 2. The van der Waals surface area contributed by atoms with Gasteiger partial charge in [-0.25, -0.2) is 9.97 Å². The number of hydrogen-bond acceptors (Lipinski definition) is 6. The summed E-state index contributed by atoms with van der Waals surface area (Å²) in [7, 11) is 0. The summed E-state index contributed by atoms with van der Waals surface area (Å²) in [5, 5.41) is 6.91. The van der Waals surface area contributed by atoms with Crippen LogP contribution in [0.25, 0.3) is 0 Å². The van der Waals surface area contributed by atoms with E-state index < -0.39 is 18.0 Å². The van der Waals surface area contributed by atoms with Crippen molar-refractivity contribution in [1.29, 1.82) is 0 Å². The SMILES string of the molecule is C=C1C[C@H](C(F)(F)F)c2c(ncnc2N2C3CCC2CN(C(=O)[C@H](CNC(C)C)c2ccc(Cl)cc2)C3)N1. The van der Waals surface area contributed by atoms with Gasteiger partial charge in [0.05, 0.1) is 11.8 Å². The zero-order valence-electron chi connectivity index (χ0n) is 21.4. The highest BCUT2D eigenvalue weighted by molar-refractivity contribution is 6.30. The number of alkyl halides is 3. The van der Waals surface area contributed by atoms with Crippen molar-refractivity contribution in [3.05, 3.63) is 59.0 Å². The van der Waals surface area contributed by atoms with E-state index in [9.17, 15) is 18.0 Å². The maximum atomic E-state index is 14.1. The third kappa shape index (κ3) is 5.20. The molecule has 11 heteroatoms. The lowest BCUT2D eigenvalue weighted by atomic mass is 9.90. The van der Waals surface area contributed by atoms with Gasteiger partial charge in [-0.2, -0.15) is 13.2 Å². The number of allylic oxidation sites excluding steroid dienone is 1. The molecule has 3 aliphatic rings. The Bertz CT molecular complexity index is 1190. The summed E-state index contributed by atoms with van der Waals surface area (Å²) in [5.74, 6) is -1.63. The van der Waals surface area contributed by atoms with Crippen molar-refractivity contribution in [2.45, 2.75) is 69.2 Å². The third-order valence-corrected chi connectivity index (χ3v) is 7.94. The first-order valence-corrected chi connectivity index (χ1v) is 13.3. The minimum Gasteiger partial charge on any atom is -0.347 e. The molecule has 2 aromatic rings. The molecule has 0 radical (unpaired) electrons. The molecule has 5 rings (SSSR count). The van der Waals surface area contributed by atoms with Crippen molar-refractivity contribution in [3.63, 3.8) is 0 Å². The monoisotopic (exact) mass is 548 g/mol. The maximum Gasteiger partial charge on any atom is 0.396 e. The molecule has 1 aromatic carbocycles. The fourth-order valence-electron chi connectivity index (χ4n) is 5.90. The van der Waals surface area contributed by atoms with Crippen LogP contribution >= 0.6 is 11.6 Å². The van der Waals surface area contributed by atoms with Crippen molar-refractivity contribution >= 4 is 29.1 Å². The highest BCUT2D eigenvalue weighted by atomic mass is 35.5. The van der Waals surface area contributed by atoms with Crippen LogP contribution in [0.1, 0.15) is 56.1 Å². The van der Waals surface area contributed by atoms with Crippen LogP contribution in [0.4, 0.5) is 24.8 Å². The maximum absolute atomic E-state index is 14.1. The van der Waals surface area contributed by atoms with Gasteiger partial charge in [0, 0.05) is 60.5 Å². The molecule has 1 amide bonds. The quantitative estimate of drug-likeness (QED) is 0.525. The zero-order chi connectivity index (χ0) is 27.2. The molecule has 7 nitrogen and oxygen atoms in total. The summed E-state index contributed by atoms with van der Waals surface area (Å²) in [4.78, 5) is 26.2. The molecule has 2 bridgehead atoms. The number of nitrogens with zero attached hydrogens (tertiary/aromatic N) is 4. The molecule has 0 saturated carbocycles. The van der Waals surface area contributed by atoms with Crippen molar-refractivity contribution in [1.82, 2.24) is 20.2 Å². The van der Waals surface area contributed by atoms with Gasteiger partial charge < -0.3 is 20.4 Å². The van der Waals surface area contributed by atoms with Crippen LogP contribution in [0.5, 0.6) is 0 Å². The van der Waals surface area contributed by atoms with Crippen LogP contribution in [0.3, 0.4) is 0 Å². The molecule has 2 N–H and O–H groups in total. The first-order valence-electron chi connectivity index (χ1n) is 12.9. The smallest absolute Gasteiger partial charge is 0.347 e. The van der Waals surface area contributed by atoms with Crippen molar-refractivity contribution in [3.8, 4) is 0 Å². The van der Waals surface area contributed by atoms with E-state index in [2.05, 4.69) is 27.2 Å². The van der Waals surface area contributed by atoms with Crippen molar-refractivity contribution < 1.29 is 18.0 Å². The van der Waals surface area contributed by atoms with Gasteiger partial charge in [0.25, 0.3) is 0 Å². The average molecular weight is 549 g/mol. The third-order valence-electron chi connectivity index (χ3n) is 7.69. The Morgan fingerprint density at radius 3 is 2.45 bits per heavy atom. The lowest BCUT2D eigenvalue weighted by Crippen LogP contribution is -2.57. The number of halogens is 4. The van der Waals surface area contributed by atoms with Gasteiger partial charge in [0.1, 0.15) is 18.0 Å². The average Bonchev–Trinajstić information content (AvgIpc) is 3.11. The van der Waals surface area contributed by atoms with Crippen molar-refractivity contribution in [2.75, 3.05) is 29.9 Å². The standard InChI is InChI=1S/C27H32ClF3N6O/c1-15(2)32-11-21(17-4-6-18(28)7-5-17)26(38)36-12-19-8-9-20(13-36)37(19)25-23-22(27(29,30)31)10-16(3)35-24(23)33-14-34-25/h4-7,14-15,19-22,32H,3,8-13H2,1-2H3,(H,33,34,35)/t19?,20?,21-,22+/m1/s1. The van der Waals surface area contributed by atoms with Crippen LogP contribution < -0.4 is 15.5 Å². The van der Waals surface area contributed by atoms with Gasteiger partial charge in [-0.15, -0.1) is 0 Å². The van der Waals surface area contributed by atoms with E-state index >= 15 is 0 Å². The fraction of sp³-hybridized carbons (Fsp3) is 0.519. The Morgan fingerprint density at radius 1 is 1.18 bits per heavy atom. The fourth-order valence-corrected chi connectivity index (χ4v) is 6.03. The number of benzene rings is 1. The number of carbonyl (C=O) groups is 1. The molecular formula is C27H32ClF3N6O. The zero-order valence-corrected chi connectivity index (χ0v) is 22.2. The predicted octanol–water partition coefficient (Wildman–Crippen LogP) is 5.07. The first kappa shape index (κ1) is 26.7. The van der Waals surface area contributed by atoms with E-state index in [0.29, 0.717) is 30.5 Å². The molecule has 0 aliphatic carbocycles. The second-order valence-electron chi connectivity index (χ2n) is 10.7. The number of piperazine rings is 1. The summed E-state index contributed by atoms with van der Waals surface area (Å²) in [6.45, 7) is 9.12. The van der Waals surface area contributed by atoms with E-state index in [1.807, 2.05) is 35.8 Å². The number of hydrogen-bond donors (Lipinski definition) is 2.